The van der Waals surface area contributed by atoms with Gasteiger partial charge in [0.2, 0.25) is 11.8 Å². The highest BCUT2D eigenvalue weighted by molar-refractivity contribution is 6.30. The van der Waals surface area contributed by atoms with Gasteiger partial charge >= 0.3 is 0 Å². The van der Waals surface area contributed by atoms with Gasteiger partial charge in [-0.25, -0.2) is 0 Å². The van der Waals surface area contributed by atoms with E-state index in [0.717, 1.165) is 11.3 Å². The highest BCUT2D eigenvalue weighted by Crippen LogP contribution is 2.25. The molecule has 1 atom stereocenters. The fourth-order valence-corrected chi connectivity index (χ4v) is 3.79. The maximum atomic E-state index is 12.8. The van der Waals surface area contributed by atoms with Gasteiger partial charge in [0, 0.05) is 31.2 Å². The number of halogens is 1. The van der Waals surface area contributed by atoms with Gasteiger partial charge in [-0.3, -0.25) is 14.3 Å². The molecule has 2 N–H and O–H groups in total. The van der Waals surface area contributed by atoms with Crippen LogP contribution in [-0.2, 0) is 27.8 Å². The lowest BCUT2D eigenvalue weighted by Crippen LogP contribution is -2.58. The van der Waals surface area contributed by atoms with E-state index in [1.54, 1.807) is 33.8 Å². The summed E-state index contributed by atoms with van der Waals surface area (Å²) in [4.78, 5) is 26.3. The van der Waals surface area contributed by atoms with Crippen molar-refractivity contribution in [2.24, 2.45) is 12.8 Å². The minimum atomic E-state index is -0.983. The van der Waals surface area contributed by atoms with Crippen LogP contribution < -0.4 is 10.5 Å². The zero-order valence-electron chi connectivity index (χ0n) is 17.3. The normalized spacial score (nSPS) is 19.0. The average molecular weight is 435 g/mol. The van der Waals surface area contributed by atoms with E-state index in [1.807, 2.05) is 20.2 Å². The fourth-order valence-electron chi connectivity index (χ4n) is 3.66. The number of benzene rings is 1. The molecule has 1 aliphatic rings. The van der Waals surface area contributed by atoms with Gasteiger partial charge in [0.05, 0.1) is 25.3 Å². The predicted molar refractivity (Wildman–Crippen MR) is 112 cm³/mol. The van der Waals surface area contributed by atoms with E-state index >= 15 is 0 Å². The van der Waals surface area contributed by atoms with Crippen LogP contribution in [0.2, 0.25) is 5.02 Å². The number of nitrogens with zero attached hydrogens (tertiary/aromatic N) is 3. The van der Waals surface area contributed by atoms with Gasteiger partial charge in [0.25, 0.3) is 0 Å². The second-order valence-electron chi connectivity index (χ2n) is 7.65. The molecule has 8 nitrogen and oxygen atoms in total. The molecule has 1 aliphatic heterocycles. The molecule has 2 heterocycles. The Bertz CT molecular complexity index is 899. The van der Waals surface area contributed by atoms with Crippen LogP contribution in [0.3, 0.4) is 0 Å². The van der Waals surface area contributed by atoms with Gasteiger partial charge in [-0.15, -0.1) is 0 Å². The van der Waals surface area contributed by atoms with E-state index in [2.05, 4.69) is 5.10 Å². The first-order valence-corrected chi connectivity index (χ1v) is 10.2. The molecule has 1 aromatic carbocycles. The van der Waals surface area contributed by atoms with Crippen molar-refractivity contribution in [3.63, 3.8) is 0 Å². The van der Waals surface area contributed by atoms with Crippen molar-refractivity contribution >= 4 is 23.4 Å². The molecule has 1 aromatic heterocycles. The summed E-state index contributed by atoms with van der Waals surface area (Å²) < 4.78 is 13.5. The quantitative estimate of drug-likeness (QED) is 0.683. The van der Waals surface area contributed by atoms with Crippen LogP contribution in [0.1, 0.15) is 24.1 Å². The highest BCUT2D eigenvalue weighted by atomic mass is 35.5. The van der Waals surface area contributed by atoms with Gasteiger partial charge in [-0.2, -0.15) is 5.10 Å². The lowest BCUT2D eigenvalue weighted by Gasteiger charge is -2.42. The molecule has 162 valence electrons. The van der Waals surface area contributed by atoms with E-state index in [9.17, 15) is 9.59 Å². The summed E-state index contributed by atoms with van der Waals surface area (Å²) in [5.41, 5.74) is 6.46. The van der Waals surface area contributed by atoms with Gasteiger partial charge in [-0.1, -0.05) is 11.6 Å². The zero-order chi connectivity index (χ0) is 21.7. The molecular weight excluding hydrogens is 408 g/mol. The molecule has 2 aromatic rings. The lowest BCUT2D eigenvalue weighted by molar-refractivity contribution is -0.161. The van der Waals surface area contributed by atoms with Crippen LogP contribution in [0.15, 0.2) is 30.5 Å². The molecule has 0 unspecified atom stereocenters. The standard InChI is InChI=1S/C21H27ClN4O4/c1-15-16(12-25(2)24-15)3-8-20(28)26-9-10-30-21(13-26,11-19(23)27)14-29-18-6-4-17(22)5-7-18/h4-7,12H,3,8-11,13-14H2,1-2H3,(H2,23,27)/t21-/m1/s1. The number of amides is 2. The number of morpholine rings is 1. The Kier molecular flexibility index (Phi) is 6.99. The van der Waals surface area contributed by atoms with Crippen molar-refractivity contribution in [2.75, 3.05) is 26.3 Å². The van der Waals surface area contributed by atoms with E-state index in [-0.39, 0.29) is 25.5 Å². The molecule has 30 heavy (non-hydrogen) atoms. The van der Waals surface area contributed by atoms with Gasteiger partial charge in [0.15, 0.2) is 0 Å². The van der Waals surface area contributed by atoms with Gasteiger partial charge < -0.3 is 20.1 Å². The number of nitrogens with two attached hydrogens (primary N) is 1. The second-order valence-corrected chi connectivity index (χ2v) is 8.08. The Morgan fingerprint density at radius 3 is 2.70 bits per heavy atom. The van der Waals surface area contributed by atoms with Crippen LogP contribution in [-0.4, -0.2) is 58.4 Å². The van der Waals surface area contributed by atoms with E-state index < -0.39 is 11.5 Å². The van der Waals surface area contributed by atoms with E-state index in [4.69, 9.17) is 26.8 Å². The number of ether oxygens (including phenoxy) is 2. The number of carbonyl (C=O) groups excluding carboxylic acids is 2. The number of carbonyl (C=O) groups is 2. The Balaban J connectivity index is 1.64. The largest absolute Gasteiger partial charge is 0.490 e. The third-order valence-corrected chi connectivity index (χ3v) is 5.39. The highest BCUT2D eigenvalue weighted by Gasteiger charge is 2.40. The molecule has 2 amide bonds. The van der Waals surface area contributed by atoms with Crippen molar-refractivity contribution in [3.8, 4) is 5.75 Å². The van der Waals surface area contributed by atoms with Crippen molar-refractivity contribution < 1.29 is 19.1 Å². The Morgan fingerprint density at radius 2 is 2.07 bits per heavy atom. The Morgan fingerprint density at radius 1 is 1.33 bits per heavy atom. The third-order valence-electron chi connectivity index (χ3n) is 5.14. The first-order chi connectivity index (χ1) is 14.3. The fraction of sp³-hybridized carbons (Fsp3) is 0.476. The van der Waals surface area contributed by atoms with Gasteiger partial charge in [0.1, 0.15) is 18.0 Å². The lowest BCUT2D eigenvalue weighted by atomic mass is 9.97. The van der Waals surface area contributed by atoms with Crippen LogP contribution in [0, 0.1) is 6.92 Å². The van der Waals surface area contributed by atoms with Crippen LogP contribution in [0.5, 0.6) is 5.75 Å². The smallest absolute Gasteiger partial charge is 0.223 e. The molecule has 0 saturated carbocycles. The second kappa shape index (κ2) is 9.49. The number of rotatable bonds is 8. The number of aryl methyl sites for hydroxylation is 3. The maximum Gasteiger partial charge on any atom is 0.223 e. The maximum absolute atomic E-state index is 12.8. The van der Waals surface area contributed by atoms with Crippen LogP contribution >= 0.6 is 11.6 Å². The average Bonchev–Trinajstić information content (AvgIpc) is 3.02. The Labute approximate surface area is 180 Å². The zero-order valence-corrected chi connectivity index (χ0v) is 18.0. The van der Waals surface area contributed by atoms with Crippen molar-refractivity contribution in [3.05, 3.63) is 46.7 Å². The molecule has 1 fully saturated rings. The number of primary amides is 1. The van der Waals surface area contributed by atoms with Gasteiger partial charge in [-0.05, 0) is 43.2 Å². The summed E-state index contributed by atoms with van der Waals surface area (Å²) in [6, 6.07) is 6.91. The number of hydrogen-bond donors (Lipinski definition) is 1. The van der Waals surface area contributed by atoms with E-state index in [1.165, 1.54) is 0 Å². The summed E-state index contributed by atoms with van der Waals surface area (Å²) in [6.07, 6.45) is 2.86. The monoisotopic (exact) mass is 434 g/mol. The number of hydrogen-bond acceptors (Lipinski definition) is 5. The topological polar surface area (TPSA) is 99.7 Å². The summed E-state index contributed by atoms with van der Waals surface area (Å²) in [7, 11) is 1.86. The number of aromatic nitrogens is 2. The predicted octanol–water partition coefficient (Wildman–Crippen LogP) is 1.87. The van der Waals surface area contributed by atoms with E-state index in [0.29, 0.717) is 36.8 Å². The third kappa shape index (κ3) is 5.73. The molecule has 1 saturated heterocycles. The summed E-state index contributed by atoms with van der Waals surface area (Å²) in [6.45, 7) is 3.05. The molecule has 9 heteroatoms. The molecule has 0 spiro atoms. The molecule has 0 bridgehead atoms. The first-order valence-electron chi connectivity index (χ1n) is 9.84. The van der Waals surface area contributed by atoms with Crippen molar-refractivity contribution in [1.29, 1.82) is 0 Å². The minimum absolute atomic E-state index is 0.00175. The van der Waals surface area contributed by atoms with Crippen molar-refractivity contribution in [1.82, 2.24) is 14.7 Å². The Hall–Kier alpha value is -2.58. The summed E-state index contributed by atoms with van der Waals surface area (Å²) >= 11 is 5.90. The van der Waals surface area contributed by atoms with Crippen LogP contribution in [0.25, 0.3) is 0 Å². The summed E-state index contributed by atoms with van der Waals surface area (Å²) in [5, 5.41) is 4.91. The first kappa shape index (κ1) is 22.1. The minimum Gasteiger partial charge on any atom is -0.490 e. The van der Waals surface area contributed by atoms with Crippen molar-refractivity contribution in [2.45, 2.75) is 31.8 Å². The van der Waals surface area contributed by atoms with Crippen LogP contribution in [0.4, 0.5) is 0 Å². The molecule has 0 aliphatic carbocycles. The molecular formula is C21H27ClN4O4. The molecule has 3 rings (SSSR count). The summed E-state index contributed by atoms with van der Waals surface area (Å²) in [5.74, 6) is 0.0965. The SMILES string of the molecule is Cc1nn(C)cc1CCC(=O)N1CCO[C@](COc2ccc(Cl)cc2)(CC(N)=O)C1. The molecule has 0 radical (unpaired) electrons.